The number of carbonyl (C=O) groups is 1. The number of amides is 1. The van der Waals surface area contributed by atoms with Crippen molar-refractivity contribution in [3.05, 3.63) is 90.3 Å². The van der Waals surface area contributed by atoms with E-state index in [9.17, 15) is 4.79 Å². The molecular formula is C23H21N3O3. The zero-order chi connectivity index (χ0) is 20.1. The maximum atomic E-state index is 12.6. The molecule has 0 spiro atoms. The van der Waals surface area contributed by atoms with Gasteiger partial charge in [0.25, 0.3) is 5.91 Å². The van der Waals surface area contributed by atoms with Gasteiger partial charge in [0.1, 0.15) is 17.5 Å². The fourth-order valence-electron chi connectivity index (χ4n) is 3.05. The second-order valence-electron chi connectivity index (χ2n) is 6.71. The summed E-state index contributed by atoms with van der Waals surface area (Å²) in [6.45, 7) is 0.722. The average molecular weight is 387 g/mol. The number of ether oxygens (including phenoxy) is 1. The van der Waals surface area contributed by atoms with E-state index in [1.807, 2.05) is 60.7 Å². The summed E-state index contributed by atoms with van der Waals surface area (Å²) in [5.41, 5.74) is 2.23. The number of hydrogen-bond acceptors (Lipinski definition) is 5. The standard InChI is InChI=1S/C23H21N3O3/c1-26(14-12-17-7-3-2-4-8-17)23(27)19-15-29-21(25-19)16-28-20-11-5-9-18-10-6-13-24-22(18)20/h2-11,13,15H,12,14,16H2,1H3. The van der Waals surface area contributed by atoms with E-state index in [0.717, 1.165) is 17.3 Å². The summed E-state index contributed by atoms with van der Waals surface area (Å²) >= 11 is 0. The van der Waals surface area contributed by atoms with Gasteiger partial charge in [-0.1, -0.05) is 48.5 Å². The molecule has 4 aromatic rings. The van der Waals surface area contributed by atoms with E-state index < -0.39 is 0 Å². The Labute approximate surface area is 168 Å². The van der Waals surface area contributed by atoms with Crippen molar-refractivity contribution in [1.82, 2.24) is 14.9 Å². The maximum Gasteiger partial charge on any atom is 0.275 e. The average Bonchev–Trinajstić information content (AvgIpc) is 3.25. The summed E-state index contributed by atoms with van der Waals surface area (Å²) in [6, 6.07) is 19.6. The Hall–Kier alpha value is -3.67. The van der Waals surface area contributed by atoms with Crippen LogP contribution in [0.1, 0.15) is 21.9 Å². The largest absolute Gasteiger partial charge is 0.482 e. The van der Waals surface area contributed by atoms with Crippen molar-refractivity contribution < 1.29 is 13.9 Å². The first-order chi connectivity index (χ1) is 14.2. The number of rotatable bonds is 7. The number of para-hydroxylation sites is 1. The Morgan fingerprint density at radius 1 is 1.07 bits per heavy atom. The van der Waals surface area contributed by atoms with Gasteiger partial charge in [-0.2, -0.15) is 0 Å². The minimum atomic E-state index is -0.178. The van der Waals surface area contributed by atoms with Gasteiger partial charge < -0.3 is 14.1 Å². The number of hydrogen-bond donors (Lipinski definition) is 0. The molecule has 2 aromatic heterocycles. The zero-order valence-electron chi connectivity index (χ0n) is 16.1. The number of oxazole rings is 1. The molecule has 0 bridgehead atoms. The Morgan fingerprint density at radius 3 is 2.76 bits per heavy atom. The summed E-state index contributed by atoms with van der Waals surface area (Å²) in [5.74, 6) is 0.814. The molecule has 0 aliphatic rings. The van der Waals surface area contributed by atoms with Gasteiger partial charge >= 0.3 is 0 Å². The maximum absolute atomic E-state index is 12.6. The number of benzene rings is 2. The van der Waals surface area contributed by atoms with Gasteiger partial charge in [-0.25, -0.2) is 4.98 Å². The quantitative estimate of drug-likeness (QED) is 0.477. The SMILES string of the molecule is CN(CCc1ccccc1)C(=O)c1coc(COc2cccc3cccnc23)n1. The highest BCUT2D eigenvalue weighted by Crippen LogP contribution is 2.23. The lowest BCUT2D eigenvalue weighted by atomic mass is 10.1. The van der Waals surface area contributed by atoms with Crippen molar-refractivity contribution in [1.29, 1.82) is 0 Å². The van der Waals surface area contributed by atoms with Crippen LogP contribution in [0.2, 0.25) is 0 Å². The highest BCUT2D eigenvalue weighted by Gasteiger charge is 2.17. The van der Waals surface area contributed by atoms with Crippen LogP contribution in [-0.2, 0) is 13.0 Å². The Bertz CT molecular complexity index is 1100. The van der Waals surface area contributed by atoms with Crippen molar-refractivity contribution >= 4 is 16.8 Å². The fraction of sp³-hybridized carbons (Fsp3) is 0.174. The molecule has 0 aliphatic carbocycles. The van der Waals surface area contributed by atoms with Crippen molar-refractivity contribution in [3.8, 4) is 5.75 Å². The van der Waals surface area contributed by atoms with E-state index in [4.69, 9.17) is 9.15 Å². The number of likely N-dealkylation sites (N-methyl/N-ethyl adjacent to an activating group) is 1. The van der Waals surface area contributed by atoms with E-state index in [2.05, 4.69) is 9.97 Å². The molecule has 2 heterocycles. The predicted molar refractivity (Wildman–Crippen MR) is 110 cm³/mol. The smallest absolute Gasteiger partial charge is 0.275 e. The van der Waals surface area contributed by atoms with Crippen LogP contribution in [0.5, 0.6) is 5.75 Å². The molecule has 2 aromatic carbocycles. The first kappa shape index (κ1) is 18.7. The highest BCUT2D eigenvalue weighted by molar-refractivity contribution is 5.91. The first-order valence-electron chi connectivity index (χ1n) is 9.41. The molecular weight excluding hydrogens is 366 g/mol. The molecule has 6 heteroatoms. The Kier molecular flexibility index (Phi) is 5.52. The van der Waals surface area contributed by atoms with Gasteiger partial charge in [0.2, 0.25) is 5.89 Å². The van der Waals surface area contributed by atoms with Gasteiger partial charge in [0.05, 0.1) is 0 Å². The fourth-order valence-corrected chi connectivity index (χ4v) is 3.05. The molecule has 29 heavy (non-hydrogen) atoms. The normalized spacial score (nSPS) is 10.8. The molecule has 4 rings (SSSR count). The van der Waals surface area contributed by atoms with Crippen molar-refractivity contribution in [2.24, 2.45) is 0 Å². The van der Waals surface area contributed by atoms with Crippen LogP contribution in [0.15, 0.2) is 77.5 Å². The van der Waals surface area contributed by atoms with E-state index in [1.165, 1.54) is 11.8 Å². The van der Waals surface area contributed by atoms with Crippen LogP contribution in [0.25, 0.3) is 10.9 Å². The van der Waals surface area contributed by atoms with Gasteiger partial charge in [-0.05, 0) is 24.1 Å². The molecule has 0 saturated heterocycles. The van der Waals surface area contributed by atoms with Crippen molar-refractivity contribution in [3.63, 3.8) is 0 Å². The predicted octanol–water partition coefficient (Wildman–Crippen LogP) is 4.12. The third kappa shape index (κ3) is 4.43. The molecule has 0 saturated carbocycles. The second kappa shape index (κ2) is 8.56. The third-order valence-corrected chi connectivity index (χ3v) is 4.64. The van der Waals surface area contributed by atoms with Crippen LogP contribution < -0.4 is 4.74 Å². The lowest BCUT2D eigenvalue weighted by molar-refractivity contribution is 0.0790. The number of carbonyl (C=O) groups excluding carboxylic acids is 1. The van der Waals surface area contributed by atoms with Gasteiger partial charge in [0.15, 0.2) is 12.3 Å². The lowest BCUT2D eigenvalue weighted by Gasteiger charge is -2.15. The summed E-state index contributed by atoms with van der Waals surface area (Å²) in [7, 11) is 1.76. The monoisotopic (exact) mass is 387 g/mol. The molecule has 0 fully saturated rings. The van der Waals surface area contributed by atoms with Crippen LogP contribution in [-0.4, -0.2) is 34.4 Å². The summed E-state index contributed by atoms with van der Waals surface area (Å²) in [4.78, 5) is 22.9. The van der Waals surface area contributed by atoms with E-state index in [-0.39, 0.29) is 18.2 Å². The van der Waals surface area contributed by atoms with Crippen LogP contribution in [0.4, 0.5) is 0 Å². The Balaban J connectivity index is 1.37. The van der Waals surface area contributed by atoms with E-state index in [0.29, 0.717) is 18.2 Å². The van der Waals surface area contributed by atoms with E-state index >= 15 is 0 Å². The van der Waals surface area contributed by atoms with Crippen molar-refractivity contribution in [2.45, 2.75) is 13.0 Å². The minimum absolute atomic E-state index is 0.122. The number of aromatic nitrogens is 2. The van der Waals surface area contributed by atoms with E-state index in [1.54, 1.807) is 18.1 Å². The second-order valence-corrected chi connectivity index (χ2v) is 6.71. The number of nitrogens with zero attached hydrogens (tertiary/aromatic N) is 3. The van der Waals surface area contributed by atoms with Crippen LogP contribution in [0.3, 0.4) is 0 Å². The molecule has 0 N–H and O–H groups in total. The van der Waals surface area contributed by atoms with Crippen molar-refractivity contribution in [2.75, 3.05) is 13.6 Å². The summed E-state index contributed by atoms with van der Waals surface area (Å²) in [5, 5.41) is 0.994. The number of fused-ring (bicyclic) bond motifs is 1. The molecule has 0 atom stereocenters. The van der Waals surface area contributed by atoms with Crippen LogP contribution >= 0.6 is 0 Å². The van der Waals surface area contributed by atoms with Crippen LogP contribution in [0, 0.1) is 0 Å². The topological polar surface area (TPSA) is 68.5 Å². The van der Waals surface area contributed by atoms with Gasteiger partial charge in [-0.15, -0.1) is 0 Å². The lowest BCUT2D eigenvalue weighted by Crippen LogP contribution is -2.29. The Morgan fingerprint density at radius 2 is 1.90 bits per heavy atom. The molecule has 0 radical (unpaired) electrons. The zero-order valence-corrected chi connectivity index (χ0v) is 16.1. The molecule has 0 unspecified atom stereocenters. The molecule has 0 aliphatic heterocycles. The van der Waals surface area contributed by atoms with Gasteiger partial charge in [0, 0.05) is 25.2 Å². The molecule has 1 amide bonds. The molecule has 6 nitrogen and oxygen atoms in total. The number of pyridine rings is 1. The summed E-state index contributed by atoms with van der Waals surface area (Å²) < 4.78 is 11.2. The summed E-state index contributed by atoms with van der Waals surface area (Å²) in [6.07, 6.45) is 3.88. The molecule has 146 valence electrons. The first-order valence-corrected chi connectivity index (χ1v) is 9.41. The highest BCUT2D eigenvalue weighted by atomic mass is 16.5. The minimum Gasteiger partial charge on any atom is -0.482 e. The third-order valence-electron chi connectivity index (χ3n) is 4.64. The van der Waals surface area contributed by atoms with Gasteiger partial charge in [-0.3, -0.25) is 9.78 Å².